The zero-order valence-electron chi connectivity index (χ0n) is 10.5. The van der Waals surface area contributed by atoms with Crippen LogP contribution in [0.4, 0.5) is 10.8 Å². The molecule has 2 nitrogen and oxygen atoms in total. The van der Waals surface area contributed by atoms with Crippen LogP contribution in [0.5, 0.6) is 0 Å². The average molecular weight is 289 g/mol. The Balaban J connectivity index is 1.96. The average Bonchev–Trinajstić information content (AvgIpc) is 2.80. The highest BCUT2D eigenvalue weighted by Gasteiger charge is 2.06. The Morgan fingerprint density at radius 2 is 2.05 bits per heavy atom. The lowest BCUT2D eigenvalue weighted by molar-refractivity contribution is 1.14. The third kappa shape index (κ3) is 2.57. The highest BCUT2D eigenvalue weighted by Crippen LogP contribution is 2.31. The second kappa shape index (κ2) is 5.19. The first-order valence-corrected chi connectivity index (χ1v) is 7.36. The quantitative estimate of drug-likeness (QED) is 0.711. The van der Waals surface area contributed by atoms with Gasteiger partial charge in [0, 0.05) is 10.7 Å². The molecule has 1 aromatic heterocycles. The van der Waals surface area contributed by atoms with Gasteiger partial charge in [0.05, 0.1) is 10.2 Å². The molecule has 3 aromatic rings. The van der Waals surface area contributed by atoms with Crippen molar-refractivity contribution >= 4 is 44.0 Å². The van der Waals surface area contributed by atoms with E-state index in [9.17, 15) is 0 Å². The van der Waals surface area contributed by atoms with E-state index in [1.807, 2.05) is 24.3 Å². The van der Waals surface area contributed by atoms with E-state index in [4.69, 9.17) is 11.6 Å². The molecule has 0 spiro atoms. The number of aromatic nitrogens is 1. The molecule has 96 valence electrons. The van der Waals surface area contributed by atoms with Gasteiger partial charge in [-0.15, -0.1) is 0 Å². The van der Waals surface area contributed by atoms with Gasteiger partial charge in [-0.3, -0.25) is 0 Å². The Morgan fingerprint density at radius 3 is 2.89 bits per heavy atom. The van der Waals surface area contributed by atoms with Gasteiger partial charge in [0.15, 0.2) is 5.13 Å². The smallest absolute Gasteiger partial charge is 0.188 e. The predicted molar refractivity (Wildman–Crippen MR) is 83.7 cm³/mol. The van der Waals surface area contributed by atoms with Gasteiger partial charge in [-0.2, -0.15) is 0 Å². The van der Waals surface area contributed by atoms with Crippen molar-refractivity contribution in [2.45, 2.75) is 13.3 Å². The number of para-hydroxylation sites is 1. The molecular weight excluding hydrogens is 276 g/mol. The molecular formula is C15H13ClN2S. The first-order chi connectivity index (χ1) is 9.26. The van der Waals surface area contributed by atoms with Gasteiger partial charge in [0.1, 0.15) is 0 Å². The van der Waals surface area contributed by atoms with Crippen molar-refractivity contribution in [2.24, 2.45) is 0 Å². The number of thiazole rings is 1. The van der Waals surface area contributed by atoms with Gasteiger partial charge in [0.2, 0.25) is 0 Å². The highest BCUT2D eigenvalue weighted by atomic mass is 35.5. The van der Waals surface area contributed by atoms with Crippen molar-refractivity contribution in [3.8, 4) is 0 Å². The maximum atomic E-state index is 5.99. The summed E-state index contributed by atoms with van der Waals surface area (Å²) in [6.45, 7) is 2.15. The number of fused-ring (bicyclic) bond motifs is 1. The third-order valence-electron chi connectivity index (χ3n) is 2.99. The van der Waals surface area contributed by atoms with E-state index in [1.54, 1.807) is 11.3 Å². The lowest BCUT2D eigenvalue weighted by Gasteiger charge is -2.07. The molecule has 2 aromatic carbocycles. The summed E-state index contributed by atoms with van der Waals surface area (Å²) in [5.74, 6) is 0. The summed E-state index contributed by atoms with van der Waals surface area (Å²) in [6, 6.07) is 14.1. The number of anilines is 2. The van der Waals surface area contributed by atoms with Crippen molar-refractivity contribution in [3.63, 3.8) is 0 Å². The van der Waals surface area contributed by atoms with Crippen LogP contribution >= 0.6 is 22.9 Å². The minimum absolute atomic E-state index is 0.747. The Labute approximate surface area is 121 Å². The molecule has 0 bridgehead atoms. The van der Waals surface area contributed by atoms with Crippen LogP contribution in [0.15, 0.2) is 42.5 Å². The van der Waals surface area contributed by atoms with E-state index in [-0.39, 0.29) is 0 Å². The van der Waals surface area contributed by atoms with Crippen molar-refractivity contribution in [1.82, 2.24) is 4.98 Å². The van der Waals surface area contributed by atoms with Crippen LogP contribution in [0.25, 0.3) is 10.2 Å². The van der Waals surface area contributed by atoms with E-state index in [1.165, 1.54) is 5.56 Å². The molecule has 0 amide bonds. The number of nitrogens with zero attached hydrogens (tertiary/aromatic N) is 1. The first kappa shape index (κ1) is 12.5. The fraction of sp³-hybridized carbons (Fsp3) is 0.133. The van der Waals surface area contributed by atoms with Crippen molar-refractivity contribution < 1.29 is 0 Å². The molecule has 1 N–H and O–H groups in total. The van der Waals surface area contributed by atoms with Gasteiger partial charge in [0.25, 0.3) is 0 Å². The molecule has 3 rings (SSSR count). The Bertz CT molecular complexity index is 721. The molecule has 0 saturated heterocycles. The van der Waals surface area contributed by atoms with E-state index in [2.05, 4.69) is 35.4 Å². The molecule has 0 fully saturated rings. The molecule has 0 aliphatic carbocycles. The largest absolute Gasteiger partial charge is 0.331 e. The number of aryl methyl sites for hydroxylation is 1. The summed E-state index contributed by atoms with van der Waals surface area (Å²) in [4.78, 5) is 4.57. The number of rotatable bonds is 3. The Kier molecular flexibility index (Phi) is 3.40. The lowest BCUT2D eigenvalue weighted by atomic mass is 10.1. The summed E-state index contributed by atoms with van der Waals surface area (Å²) in [5.41, 5.74) is 3.39. The summed E-state index contributed by atoms with van der Waals surface area (Å²) < 4.78 is 1.10. The lowest BCUT2D eigenvalue weighted by Crippen LogP contribution is -1.93. The number of hydrogen-bond donors (Lipinski definition) is 1. The molecule has 19 heavy (non-hydrogen) atoms. The molecule has 1 heterocycles. The molecule has 4 heteroatoms. The van der Waals surface area contributed by atoms with E-state index in [0.29, 0.717) is 0 Å². The predicted octanol–water partition coefficient (Wildman–Crippen LogP) is 5.26. The number of benzene rings is 2. The number of halogens is 1. The van der Waals surface area contributed by atoms with Gasteiger partial charge >= 0.3 is 0 Å². The molecule has 0 radical (unpaired) electrons. The number of hydrogen-bond acceptors (Lipinski definition) is 3. The van der Waals surface area contributed by atoms with E-state index >= 15 is 0 Å². The Morgan fingerprint density at radius 1 is 1.21 bits per heavy atom. The van der Waals surface area contributed by atoms with Crippen molar-refractivity contribution in [3.05, 3.63) is 53.1 Å². The van der Waals surface area contributed by atoms with Crippen LogP contribution in [0.2, 0.25) is 5.02 Å². The third-order valence-corrected chi connectivity index (χ3v) is 4.16. The fourth-order valence-electron chi connectivity index (χ4n) is 2.02. The standard InChI is InChI=1S/C15H13ClN2S/c1-2-10-5-3-4-6-12(10)17-15-18-13-8-7-11(16)9-14(13)19-15/h3-9H,2H2,1H3,(H,17,18). The zero-order valence-corrected chi connectivity index (χ0v) is 12.1. The number of nitrogens with one attached hydrogen (secondary N) is 1. The van der Waals surface area contributed by atoms with Gasteiger partial charge in [-0.25, -0.2) is 4.98 Å². The van der Waals surface area contributed by atoms with Crippen LogP contribution in [-0.4, -0.2) is 4.98 Å². The second-order valence-corrected chi connectivity index (χ2v) is 5.73. The van der Waals surface area contributed by atoms with Gasteiger partial charge in [-0.1, -0.05) is 48.1 Å². The molecule has 0 aliphatic heterocycles. The summed E-state index contributed by atoms with van der Waals surface area (Å²) in [6.07, 6.45) is 1.000. The summed E-state index contributed by atoms with van der Waals surface area (Å²) >= 11 is 7.61. The fourth-order valence-corrected chi connectivity index (χ4v) is 3.17. The van der Waals surface area contributed by atoms with Crippen LogP contribution in [-0.2, 0) is 6.42 Å². The highest BCUT2D eigenvalue weighted by molar-refractivity contribution is 7.22. The maximum absolute atomic E-state index is 5.99. The molecule has 0 aliphatic rings. The summed E-state index contributed by atoms with van der Waals surface area (Å²) in [5, 5.41) is 5.04. The zero-order chi connectivity index (χ0) is 13.2. The maximum Gasteiger partial charge on any atom is 0.188 e. The minimum atomic E-state index is 0.747. The topological polar surface area (TPSA) is 24.9 Å². The van der Waals surface area contributed by atoms with Crippen molar-refractivity contribution in [1.29, 1.82) is 0 Å². The first-order valence-electron chi connectivity index (χ1n) is 6.17. The van der Waals surface area contributed by atoms with Crippen molar-refractivity contribution in [2.75, 3.05) is 5.32 Å². The van der Waals surface area contributed by atoms with Crippen LogP contribution in [0, 0.1) is 0 Å². The Hall–Kier alpha value is -1.58. The van der Waals surface area contributed by atoms with Crippen LogP contribution in [0.1, 0.15) is 12.5 Å². The second-order valence-electron chi connectivity index (χ2n) is 4.27. The van der Waals surface area contributed by atoms with Crippen LogP contribution in [0.3, 0.4) is 0 Å². The van der Waals surface area contributed by atoms with E-state index in [0.717, 1.165) is 32.5 Å². The SMILES string of the molecule is CCc1ccccc1Nc1nc2ccc(Cl)cc2s1. The molecule has 0 unspecified atom stereocenters. The summed E-state index contributed by atoms with van der Waals surface area (Å²) in [7, 11) is 0. The normalized spacial score (nSPS) is 10.8. The van der Waals surface area contributed by atoms with Crippen LogP contribution < -0.4 is 5.32 Å². The molecule has 0 saturated carbocycles. The van der Waals surface area contributed by atoms with E-state index < -0.39 is 0 Å². The minimum Gasteiger partial charge on any atom is -0.331 e. The molecule has 0 atom stereocenters. The van der Waals surface area contributed by atoms with Gasteiger partial charge < -0.3 is 5.32 Å². The van der Waals surface area contributed by atoms with Gasteiger partial charge in [-0.05, 0) is 36.2 Å². The monoisotopic (exact) mass is 288 g/mol.